The molecule has 0 aliphatic rings. The minimum absolute atomic E-state index is 0.525. The van der Waals surface area contributed by atoms with Gasteiger partial charge in [-0.1, -0.05) is 77.8 Å². The van der Waals surface area contributed by atoms with Crippen molar-refractivity contribution in [2.75, 3.05) is 0 Å². The molecule has 3 nitrogen and oxygen atoms in total. The Morgan fingerprint density at radius 1 is 0.759 bits per heavy atom. The third-order valence-electron chi connectivity index (χ3n) is 4.76. The maximum absolute atomic E-state index is 6.15. The summed E-state index contributed by atoms with van der Waals surface area (Å²) in [6, 6.07) is 23.8. The number of aromatic nitrogens is 3. The molecule has 0 saturated heterocycles. The molecule has 3 aromatic carbocycles. The second-order valence-corrected chi connectivity index (χ2v) is 7.49. The third-order valence-corrected chi connectivity index (χ3v) is 5.50. The molecule has 0 atom stereocenters. The molecule has 0 spiro atoms. The second kappa shape index (κ2) is 7.36. The Hall–Kier alpha value is -3.14. The molecular formula is C24H15Cl2N3. The van der Waals surface area contributed by atoms with Gasteiger partial charge in [-0.05, 0) is 35.9 Å². The summed E-state index contributed by atoms with van der Waals surface area (Å²) in [4.78, 5) is 9.69. The van der Waals surface area contributed by atoms with E-state index in [1.54, 1.807) is 6.07 Å². The first-order chi connectivity index (χ1) is 14.2. The van der Waals surface area contributed by atoms with Crippen LogP contribution in [0.5, 0.6) is 0 Å². The van der Waals surface area contributed by atoms with Crippen LogP contribution in [0.1, 0.15) is 11.3 Å². The highest BCUT2D eigenvalue weighted by Crippen LogP contribution is 2.26. The average molecular weight is 416 g/mol. The first-order valence-corrected chi connectivity index (χ1v) is 9.91. The Morgan fingerprint density at radius 3 is 2.38 bits per heavy atom. The number of halogens is 2. The molecule has 2 aromatic heterocycles. The number of hydrogen-bond donors (Lipinski definition) is 0. The minimum atomic E-state index is 0.525. The van der Waals surface area contributed by atoms with Crippen molar-refractivity contribution in [1.29, 1.82) is 0 Å². The van der Waals surface area contributed by atoms with Gasteiger partial charge in [0.15, 0.2) is 5.65 Å². The summed E-state index contributed by atoms with van der Waals surface area (Å²) in [5, 5.41) is 1.06. The lowest BCUT2D eigenvalue weighted by molar-refractivity contribution is 1.14. The highest BCUT2D eigenvalue weighted by molar-refractivity contribution is 6.42. The fourth-order valence-electron chi connectivity index (χ4n) is 3.34. The van der Waals surface area contributed by atoms with Gasteiger partial charge in [0.05, 0.1) is 26.8 Å². The molecule has 0 aliphatic heterocycles. The summed E-state index contributed by atoms with van der Waals surface area (Å²) < 4.78 is 2.10. The van der Waals surface area contributed by atoms with E-state index in [1.807, 2.05) is 66.9 Å². The lowest BCUT2D eigenvalue weighted by Crippen LogP contribution is -1.95. The molecule has 2 heterocycles. The molecule has 5 rings (SSSR count). The Morgan fingerprint density at radius 2 is 1.55 bits per heavy atom. The van der Waals surface area contributed by atoms with Gasteiger partial charge in [0.2, 0.25) is 0 Å². The molecule has 140 valence electrons. The van der Waals surface area contributed by atoms with E-state index in [1.165, 1.54) is 0 Å². The summed E-state index contributed by atoms with van der Waals surface area (Å²) in [6.07, 6.45) is 5.97. The first kappa shape index (κ1) is 17.9. The molecule has 0 N–H and O–H groups in total. The van der Waals surface area contributed by atoms with E-state index in [9.17, 15) is 0 Å². The van der Waals surface area contributed by atoms with E-state index < -0.39 is 0 Å². The van der Waals surface area contributed by atoms with Crippen LogP contribution in [0.25, 0.3) is 40.1 Å². The number of para-hydroxylation sites is 2. The van der Waals surface area contributed by atoms with Crippen molar-refractivity contribution in [2.45, 2.75) is 0 Å². The Bertz CT molecular complexity index is 1370. The van der Waals surface area contributed by atoms with E-state index in [4.69, 9.17) is 33.2 Å². The van der Waals surface area contributed by atoms with Crippen molar-refractivity contribution in [3.63, 3.8) is 0 Å². The zero-order chi connectivity index (χ0) is 19.8. The van der Waals surface area contributed by atoms with Crippen LogP contribution >= 0.6 is 23.2 Å². The Kier molecular flexibility index (Phi) is 4.55. The highest BCUT2D eigenvalue weighted by atomic mass is 35.5. The number of rotatable bonds is 3. The van der Waals surface area contributed by atoms with Crippen LogP contribution in [-0.4, -0.2) is 14.4 Å². The molecule has 5 aromatic rings. The predicted molar refractivity (Wildman–Crippen MR) is 121 cm³/mol. The molecular weight excluding hydrogens is 401 g/mol. The maximum Gasteiger partial charge on any atom is 0.164 e. The van der Waals surface area contributed by atoms with Crippen LogP contribution in [0.4, 0.5) is 0 Å². The summed E-state index contributed by atoms with van der Waals surface area (Å²) in [7, 11) is 0. The summed E-state index contributed by atoms with van der Waals surface area (Å²) in [5.41, 5.74) is 6.46. The van der Waals surface area contributed by atoms with E-state index in [0.717, 1.165) is 39.2 Å². The second-order valence-electron chi connectivity index (χ2n) is 6.68. The summed E-state index contributed by atoms with van der Waals surface area (Å²) in [5.74, 6) is 0. The van der Waals surface area contributed by atoms with Gasteiger partial charge < -0.3 is 0 Å². The smallest absolute Gasteiger partial charge is 0.164 e. The van der Waals surface area contributed by atoms with Crippen molar-refractivity contribution in [3.8, 4) is 11.3 Å². The third kappa shape index (κ3) is 3.39. The van der Waals surface area contributed by atoms with Gasteiger partial charge in [0.1, 0.15) is 5.69 Å². The quantitative estimate of drug-likeness (QED) is 0.316. The fraction of sp³-hybridized carbons (Fsp3) is 0. The van der Waals surface area contributed by atoms with E-state index in [-0.39, 0.29) is 0 Å². The van der Waals surface area contributed by atoms with Crippen molar-refractivity contribution < 1.29 is 0 Å². The SMILES string of the molecule is Clc1ccc(/C=C/c2nc(-c3ccccc3)cn3c2nc2ccccc23)cc1Cl. The van der Waals surface area contributed by atoms with Gasteiger partial charge in [-0.2, -0.15) is 0 Å². The molecule has 0 aliphatic carbocycles. The van der Waals surface area contributed by atoms with Gasteiger partial charge in [-0.3, -0.25) is 4.40 Å². The topological polar surface area (TPSA) is 30.2 Å². The lowest BCUT2D eigenvalue weighted by atomic mass is 10.1. The maximum atomic E-state index is 6.15. The van der Waals surface area contributed by atoms with E-state index >= 15 is 0 Å². The van der Waals surface area contributed by atoms with Crippen LogP contribution in [0.2, 0.25) is 10.0 Å². The normalized spacial score (nSPS) is 11.7. The Labute approximate surface area is 177 Å². The van der Waals surface area contributed by atoms with Crippen molar-refractivity contribution in [2.24, 2.45) is 0 Å². The fourth-order valence-corrected chi connectivity index (χ4v) is 3.64. The summed E-state index contributed by atoms with van der Waals surface area (Å²) >= 11 is 12.2. The average Bonchev–Trinajstić information content (AvgIpc) is 3.14. The number of nitrogens with zero attached hydrogens (tertiary/aromatic N) is 3. The van der Waals surface area contributed by atoms with Crippen LogP contribution in [-0.2, 0) is 0 Å². The molecule has 0 radical (unpaired) electrons. The summed E-state index contributed by atoms with van der Waals surface area (Å²) in [6.45, 7) is 0. The van der Waals surface area contributed by atoms with Crippen molar-refractivity contribution in [1.82, 2.24) is 14.4 Å². The number of benzene rings is 3. The van der Waals surface area contributed by atoms with Gasteiger partial charge in [0.25, 0.3) is 0 Å². The van der Waals surface area contributed by atoms with Crippen LogP contribution in [0, 0.1) is 0 Å². The van der Waals surface area contributed by atoms with Crippen LogP contribution in [0.3, 0.4) is 0 Å². The lowest BCUT2D eigenvalue weighted by Gasteiger charge is -2.06. The van der Waals surface area contributed by atoms with Gasteiger partial charge in [-0.25, -0.2) is 9.97 Å². The van der Waals surface area contributed by atoms with E-state index in [2.05, 4.69) is 22.6 Å². The van der Waals surface area contributed by atoms with Crippen LogP contribution in [0.15, 0.2) is 79.0 Å². The van der Waals surface area contributed by atoms with E-state index in [0.29, 0.717) is 10.0 Å². The molecule has 0 bridgehead atoms. The van der Waals surface area contributed by atoms with Gasteiger partial charge in [0, 0.05) is 11.8 Å². The van der Waals surface area contributed by atoms with Gasteiger partial charge in [-0.15, -0.1) is 0 Å². The minimum Gasteiger partial charge on any atom is -0.296 e. The molecule has 0 amide bonds. The number of fused-ring (bicyclic) bond motifs is 3. The molecule has 0 saturated carbocycles. The monoisotopic (exact) mass is 415 g/mol. The highest BCUT2D eigenvalue weighted by Gasteiger charge is 2.11. The van der Waals surface area contributed by atoms with Crippen molar-refractivity contribution >= 4 is 52.0 Å². The van der Waals surface area contributed by atoms with Crippen molar-refractivity contribution in [3.05, 3.63) is 100 Å². The van der Waals surface area contributed by atoms with Crippen LogP contribution < -0.4 is 0 Å². The standard InChI is InChI=1S/C24H15Cl2N3/c25-18-12-10-16(14-19(18)26)11-13-21-24-28-20-8-4-5-9-23(20)29(24)15-22(27-21)17-6-2-1-3-7-17/h1-15H/b13-11+. The zero-order valence-electron chi connectivity index (χ0n) is 15.3. The van der Waals surface area contributed by atoms with Gasteiger partial charge >= 0.3 is 0 Å². The molecule has 29 heavy (non-hydrogen) atoms. The number of imidazole rings is 1. The molecule has 0 fully saturated rings. The Balaban J connectivity index is 1.72. The zero-order valence-corrected chi connectivity index (χ0v) is 16.8. The number of hydrogen-bond acceptors (Lipinski definition) is 2. The predicted octanol–water partition coefficient (Wildman–Crippen LogP) is 7.03. The largest absolute Gasteiger partial charge is 0.296 e. The molecule has 0 unspecified atom stereocenters. The molecule has 5 heteroatoms. The first-order valence-electron chi connectivity index (χ1n) is 9.15.